The average molecular weight is 830 g/mol. The van der Waals surface area contributed by atoms with Gasteiger partial charge in [0.05, 0.1) is 25.2 Å². The minimum atomic E-state index is -0.794. The quantitative estimate of drug-likeness (QED) is 0.0323. The Hall–Kier alpha value is -1.92. The zero-order chi connectivity index (χ0) is 43.1. The monoisotopic (exact) mass is 830 g/mol. The Kier molecular flexibility index (Phi) is 45.6. The number of unbranched alkanes of at least 4 members (excludes halogenated alkanes) is 30. The molecule has 0 saturated heterocycles. The van der Waals surface area contributed by atoms with Gasteiger partial charge in [0.2, 0.25) is 5.91 Å². The van der Waals surface area contributed by atoms with Gasteiger partial charge in [0.15, 0.2) is 0 Å². The van der Waals surface area contributed by atoms with Gasteiger partial charge in [-0.3, -0.25) is 9.59 Å². The van der Waals surface area contributed by atoms with Crippen LogP contribution in [-0.4, -0.2) is 46.9 Å². The molecule has 1 amide bonds. The zero-order valence-electron chi connectivity index (χ0n) is 39.4. The van der Waals surface area contributed by atoms with Crippen molar-refractivity contribution in [2.45, 2.75) is 283 Å². The maximum absolute atomic E-state index is 13.2. The van der Waals surface area contributed by atoms with Crippen LogP contribution in [0.1, 0.15) is 265 Å². The van der Waals surface area contributed by atoms with Gasteiger partial charge in [-0.25, -0.2) is 0 Å². The molecule has 346 valence electrons. The van der Waals surface area contributed by atoms with E-state index in [-0.39, 0.29) is 24.9 Å². The molecule has 59 heavy (non-hydrogen) atoms. The lowest BCUT2D eigenvalue weighted by molar-refractivity contribution is -0.151. The normalized spacial score (nSPS) is 13.5. The number of hydrogen-bond acceptors (Lipinski definition) is 5. The van der Waals surface area contributed by atoms with E-state index in [0.29, 0.717) is 19.3 Å². The van der Waals surface area contributed by atoms with Gasteiger partial charge in [0.25, 0.3) is 0 Å². The highest BCUT2D eigenvalue weighted by atomic mass is 16.5. The summed E-state index contributed by atoms with van der Waals surface area (Å²) in [6.45, 7) is 6.35. The van der Waals surface area contributed by atoms with Crippen molar-refractivity contribution in [2.24, 2.45) is 0 Å². The number of amides is 1. The molecule has 0 aromatic rings. The van der Waals surface area contributed by atoms with Crippen LogP contribution in [0.25, 0.3) is 0 Å². The van der Waals surface area contributed by atoms with Gasteiger partial charge >= 0.3 is 5.97 Å². The number of hydrogen-bond donors (Lipinski definition) is 3. The number of rotatable bonds is 46. The van der Waals surface area contributed by atoms with E-state index in [9.17, 15) is 19.8 Å². The molecule has 3 atom stereocenters. The first-order chi connectivity index (χ1) is 29.0. The third-order valence-corrected chi connectivity index (χ3v) is 11.8. The third-order valence-electron chi connectivity index (χ3n) is 11.8. The van der Waals surface area contributed by atoms with Crippen molar-refractivity contribution in [3.8, 4) is 0 Å². The Labute approximate surface area is 366 Å². The van der Waals surface area contributed by atoms with E-state index in [1.165, 1.54) is 148 Å². The van der Waals surface area contributed by atoms with Crippen molar-refractivity contribution in [2.75, 3.05) is 6.61 Å². The molecule has 0 aliphatic rings. The minimum absolute atomic E-state index is 0.0580. The number of allylic oxidation sites excluding steroid dienone is 6. The second-order valence-electron chi connectivity index (χ2n) is 17.6. The highest BCUT2D eigenvalue weighted by molar-refractivity contribution is 5.77. The van der Waals surface area contributed by atoms with Gasteiger partial charge in [-0.2, -0.15) is 0 Å². The lowest BCUT2D eigenvalue weighted by atomic mass is 10.0. The van der Waals surface area contributed by atoms with Gasteiger partial charge in [-0.1, -0.05) is 243 Å². The summed E-state index contributed by atoms with van der Waals surface area (Å²) >= 11 is 0. The standard InChI is InChI=1S/C53H99NO5/c1-4-7-10-13-16-19-22-24-25-26-27-28-30-33-36-39-42-45-51(56)50(48-55)54-52(57)47-49(44-41-38-35-32-29-21-18-15-12-9-6-3)59-53(58)46-43-40-37-34-31-23-20-17-14-11-8-5-2/h9,12,15,18,21,29,49-51,55-56H,4-8,10-11,13-14,16-17,19-20,22-28,30-48H2,1-3H3,(H,54,57)/b12-9+,18-15+,29-21-. The molecule has 0 fully saturated rings. The summed E-state index contributed by atoms with van der Waals surface area (Å²) in [5.41, 5.74) is 0. The van der Waals surface area contributed by atoms with Crippen molar-refractivity contribution in [1.29, 1.82) is 0 Å². The average Bonchev–Trinajstić information content (AvgIpc) is 3.23. The van der Waals surface area contributed by atoms with E-state index >= 15 is 0 Å². The number of ether oxygens (including phenoxy) is 1. The second kappa shape index (κ2) is 47.1. The van der Waals surface area contributed by atoms with Gasteiger partial charge < -0.3 is 20.3 Å². The number of aliphatic hydroxyl groups is 2. The fourth-order valence-electron chi connectivity index (χ4n) is 7.90. The summed E-state index contributed by atoms with van der Waals surface area (Å²) in [5, 5.41) is 23.8. The molecule has 6 heteroatoms. The summed E-state index contributed by atoms with van der Waals surface area (Å²) in [4.78, 5) is 26.1. The summed E-state index contributed by atoms with van der Waals surface area (Å²) in [6.07, 6.45) is 55.0. The van der Waals surface area contributed by atoms with Crippen molar-refractivity contribution in [1.82, 2.24) is 5.32 Å². The molecule has 3 unspecified atom stereocenters. The minimum Gasteiger partial charge on any atom is -0.462 e. The Bertz CT molecular complexity index is 977. The molecule has 0 bridgehead atoms. The number of carbonyl (C=O) groups excluding carboxylic acids is 2. The van der Waals surface area contributed by atoms with Crippen LogP contribution >= 0.6 is 0 Å². The van der Waals surface area contributed by atoms with Crippen molar-refractivity contribution >= 4 is 11.9 Å². The van der Waals surface area contributed by atoms with Gasteiger partial charge in [0.1, 0.15) is 6.10 Å². The molecule has 0 aliphatic heterocycles. The van der Waals surface area contributed by atoms with E-state index in [4.69, 9.17) is 4.74 Å². The summed E-state index contributed by atoms with van der Waals surface area (Å²) in [6, 6.07) is -0.709. The van der Waals surface area contributed by atoms with Crippen molar-refractivity contribution < 1.29 is 24.5 Å². The predicted octanol–water partition coefficient (Wildman–Crippen LogP) is 15.3. The van der Waals surface area contributed by atoms with Crippen LogP contribution in [-0.2, 0) is 14.3 Å². The van der Waals surface area contributed by atoms with Crippen LogP contribution in [0.5, 0.6) is 0 Å². The molecule has 0 heterocycles. The molecule has 3 N–H and O–H groups in total. The first-order valence-electron chi connectivity index (χ1n) is 25.7. The van der Waals surface area contributed by atoms with Gasteiger partial charge in [0, 0.05) is 6.42 Å². The van der Waals surface area contributed by atoms with Gasteiger partial charge in [-0.05, 0) is 44.9 Å². The fraction of sp³-hybridized carbons (Fsp3) is 0.849. The number of carbonyl (C=O) groups is 2. The van der Waals surface area contributed by atoms with Crippen LogP contribution in [0.15, 0.2) is 36.5 Å². The third kappa shape index (κ3) is 42.6. The highest BCUT2D eigenvalue weighted by Gasteiger charge is 2.24. The second-order valence-corrected chi connectivity index (χ2v) is 17.6. The molecular weight excluding hydrogens is 731 g/mol. The van der Waals surface area contributed by atoms with E-state index in [1.807, 2.05) is 6.08 Å². The summed E-state index contributed by atoms with van der Waals surface area (Å²) in [7, 11) is 0. The summed E-state index contributed by atoms with van der Waals surface area (Å²) < 4.78 is 5.90. The van der Waals surface area contributed by atoms with Crippen molar-refractivity contribution in [3.05, 3.63) is 36.5 Å². The Morgan fingerprint density at radius 3 is 1.37 bits per heavy atom. The SMILES string of the molecule is CC/C=C/C=C/C=C\CCCCCC(CC(=O)NC(CO)C(O)CCCCCCCCCCCCCCCCCCC)OC(=O)CCCCCCCCCCCCCC. The maximum Gasteiger partial charge on any atom is 0.306 e. The first-order valence-corrected chi connectivity index (χ1v) is 25.7. The Morgan fingerprint density at radius 1 is 0.508 bits per heavy atom. The molecule has 0 rings (SSSR count). The molecule has 0 spiro atoms. The largest absolute Gasteiger partial charge is 0.462 e. The highest BCUT2D eigenvalue weighted by Crippen LogP contribution is 2.18. The topological polar surface area (TPSA) is 95.9 Å². The Morgan fingerprint density at radius 2 is 0.915 bits per heavy atom. The molecular formula is C53H99NO5. The number of esters is 1. The number of nitrogens with one attached hydrogen (secondary N) is 1. The molecule has 0 aliphatic carbocycles. The lowest BCUT2D eigenvalue weighted by Gasteiger charge is -2.24. The number of aliphatic hydroxyl groups excluding tert-OH is 2. The fourth-order valence-corrected chi connectivity index (χ4v) is 7.90. The van der Waals surface area contributed by atoms with E-state index in [2.05, 4.69) is 56.5 Å². The zero-order valence-corrected chi connectivity index (χ0v) is 39.4. The van der Waals surface area contributed by atoms with Crippen LogP contribution in [0.4, 0.5) is 0 Å². The molecule has 0 radical (unpaired) electrons. The van der Waals surface area contributed by atoms with Gasteiger partial charge in [-0.15, -0.1) is 0 Å². The van der Waals surface area contributed by atoms with Crippen molar-refractivity contribution in [3.63, 3.8) is 0 Å². The van der Waals surface area contributed by atoms with Crippen LogP contribution in [0.3, 0.4) is 0 Å². The van der Waals surface area contributed by atoms with Crippen LogP contribution in [0.2, 0.25) is 0 Å². The molecule has 0 aromatic carbocycles. The van der Waals surface area contributed by atoms with Crippen LogP contribution < -0.4 is 5.32 Å². The maximum atomic E-state index is 13.2. The first kappa shape index (κ1) is 57.1. The molecule has 6 nitrogen and oxygen atoms in total. The predicted molar refractivity (Wildman–Crippen MR) is 255 cm³/mol. The van der Waals surface area contributed by atoms with E-state index in [1.54, 1.807) is 0 Å². The lowest BCUT2D eigenvalue weighted by Crippen LogP contribution is -2.46. The molecule has 0 aromatic heterocycles. The molecule has 0 saturated carbocycles. The Balaban J connectivity index is 4.48. The van der Waals surface area contributed by atoms with E-state index in [0.717, 1.165) is 70.6 Å². The van der Waals surface area contributed by atoms with Crippen LogP contribution in [0, 0.1) is 0 Å². The summed E-state index contributed by atoms with van der Waals surface area (Å²) in [5.74, 6) is -0.500. The van der Waals surface area contributed by atoms with E-state index < -0.39 is 18.2 Å². The smallest absolute Gasteiger partial charge is 0.306 e.